The molecule has 8 nitrogen and oxygen atoms in total. The second-order valence-electron chi connectivity index (χ2n) is 9.16. The van der Waals surface area contributed by atoms with E-state index in [4.69, 9.17) is 21.1 Å². The molecule has 0 N–H and O–H groups in total. The Morgan fingerprint density at radius 3 is 2.76 bits per heavy atom. The number of aromatic nitrogens is 2. The molecule has 1 atom stereocenters. The predicted octanol–water partition coefficient (Wildman–Crippen LogP) is 3.04. The minimum Gasteiger partial charge on any atom is -0.493 e. The summed E-state index contributed by atoms with van der Waals surface area (Å²) in [5.74, 6) is 1.69. The maximum absolute atomic E-state index is 13.2. The van der Waals surface area contributed by atoms with Crippen LogP contribution < -0.4 is 4.74 Å². The number of aryl methyl sites for hydroxylation is 1. The third-order valence-electron chi connectivity index (χ3n) is 6.67. The SMILES string of the molecule is CCc1nccn1CC(=O)N1CCC[C@](COc2cccc(Cl)c2)(CC(=O)N2CCOCC2)C1. The minimum atomic E-state index is -0.464. The zero-order valence-corrected chi connectivity index (χ0v) is 20.5. The number of ether oxygens (including phenoxy) is 2. The Bertz CT molecular complexity index is 991. The fourth-order valence-electron chi connectivity index (χ4n) is 4.82. The zero-order chi connectivity index (χ0) is 24.0. The van der Waals surface area contributed by atoms with E-state index < -0.39 is 5.41 Å². The molecular weight excluding hydrogens is 456 g/mol. The van der Waals surface area contributed by atoms with Crippen LogP contribution in [0, 0.1) is 5.41 Å². The molecule has 0 aliphatic carbocycles. The summed E-state index contributed by atoms with van der Waals surface area (Å²) in [6, 6.07) is 7.28. The molecule has 0 saturated carbocycles. The van der Waals surface area contributed by atoms with Crippen molar-refractivity contribution in [2.45, 2.75) is 39.2 Å². The molecule has 34 heavy (non-hydrogen) atoms. The Labute approximate surface area is 205 Å². The molecular formula is C25H33ClN4O4. The molecule has 0 unspecified atom stereocenters. The first-order chi connectivity index (χ1) is 16.5. The monoisotopic (exact) mass is 488 g/mol. The molecule has 1 aromatic heterocycles. The van der Waals surface area contributed by atoms with Gasteiger partial charge in [-0.2, -0.15) is 0 Å². The highest BCUT2D eigenvalue weighted by Crippen LogP contribution is 2.36. The van der Waals surface area contributed by atoms with Gasteiger partial charge < -0.3 is 23.8 Å². The number of nitrogens with zero attached hydrogens (tertiary/aromatic N) is 4. The van der Waals surface area contributed by atoms with Crippen molar-refractivity contribution < 1.29 is 19.1 Å². The number of likely N-dealkylation sites (tertiary alicyclic amines) is 1. The first-order valence-electron chi connectivity index (χ1n) is 12.0. The van der Waals surface area contributed by atoms with Crippen molar-refractivity contribution in [3.8, 4) is 5.75 Å². The Kier molecular flexibility index (Phi) is 8.11. The van der Waals surface area contributed by atoms with Crippen LogP contribution in [0.4, 0.5) is 0 Å². The van der Waals surface area contributed by atoms with Crippen molar-refractivity contribution in [1.82, 2.24) is 19.4 Å². The molecule has 2 aliphatic rings. The van der Waals surface area contributed by atoms with Gasteiger partial charge in [-0.05, 0) is 31.0 Å². The number of hydrogen-bond acceptors (Lipinski definition) is 5. The van der Waals surface area contributed by atoms with Crippen LogP contribution in [-0.2, 0) is 27.3 Å². The van der Waals surface area contributed by atoms with Gasteiger partial charge in [0.1, 0.15) is 18.1 Å². The first-order valence-corrected chi connectivity index (χ1v) is 12.4. The van der Waals surface area contributed by atoms with Crippen molar-refractivity contribution in [2.75, 3.05) is 46.0 Å². The van der Waals surface area contributed by atoms with Gasteiger partial charge in [0.25, 0.3) is 0 Å². The molecule has 0 radical (unpaired) electrons. The lowest BCUT2D eigenvalue weighted by Crippen LogP contribution is -2.52. The largest absolute Gasteiger partial charge is 0.493 e. The summed E-state index contributed by atoms with van der Waals surface area (Å²) in [5, 5.41) is 0.600. The van der Waals surface area contributed by atoms with Crippen LogP contribution in [0.5, 0.6) is 5.75 Å². The number of piperidine rings is 1. The Morgan fingerprint density at radius 2 is 2.00 bits per heavy atom. The fraction of sp³-hybridized carbons (Fsp3) is 0.560. The van der Waals surface area contributed by atoms with Crippen LogP contribution in [0.3, 0.4) is 0 Å². The van der Waals surface area contributed by atoms with Crippen LogP contribution in [-0.4, -0.2) is 77.2 Å². The molecule has 3 heterocycles. The van der Waals surface area contributed by atoms with Gasteiger partial charge >= 0.3 is 0 Å². The van der Waals surface area contributed by atoms with Crippen molar-refractivity contribution in [1.29, 1.82) is 0 Å². The maximum atomic E-state index is 13.2. The average Bonchev–Trinajstić information content (AvgIpc) is 3.30. The molecule has 4 rings (SSSR count). The Morgan fingerprint density at radius 1 is 1.18 bits per heavy atom. The molecule has 0 bridgehead atoms. The number of rotatable bonds is 8. The Hall–Kier alpha value is -2.58. The molecule has 2 saturated heterocycles. The molecule has 0 spiro atoms. The molecule has 184 valence electrons. The smallest absolute Gasteiger partial charge is 0.242 e. The number of morpholine rings is 1. The number of carbonyl (C=O) groups is 2. The fourth-order valence-corrected chi connectivity index (χ4v) is 5.00. The number of benzene rings is 1. The van der Waals surface area contributed by atoms with Gasteiger partial charge in [0, 0.05) is 61.9 Å². The quantitative estimate of drug-likeness (QED) is 0.571. The highest BCUT2D eigenvalue weighted by Gasteiger charge is 2.41. The first kappa shape index (κ1) is 24.5. The zero-order valence-electron chi connectivity index (χ0n) is 19.7. The van der Waals surface area contributed by atoms with E-state index in [0.717, 1.165) is 25.1 Å². The topological polar surface area (TPSA) is 76.9 Å². The van der Waals surface area contributed by atoms with Crippen molar-refractivity contribution in [3.63, 3.8) is 0 Å². The van der Waals surface area contributed by atoms with E-state index in [0.29, 0.717) is 63.2 Å². The number of amides is 2. The highest BCUT2D eigenvalue weighted by molar-refractivity contribution is 6.30. The predicted molar refractivity (Wildman–Crippen MR) is 129 cm³/mol. The van der Waals surface area contributed by atoms with E-state index in [1.165, 1.54) is 0 Å². The summed E-state index contributed by atoms with van der Waals surface area (Å²) in [4.78, 5) is 34.5. The van der Waals surface area contributed by atoms with E-state index in [2.05, 4.69) is 4.98 Å². The lowest BCUT2D eigenvalue weighted by Gasteiger charge is -2.43. The van der Waals surface area contributed by atoms with E-state index in [1.54, 1.807) is 18.3 Å². The van der Waals surface area contributed by atoms with E-state index in [9.17, 15) is 9.59 Å². The lowest BCUT2D eigenvalue weighted by molar-refractivity contribution is -0.144. The number of carbonyl (C=O) groups excluding carboxylic acids is 2. The summed E-state index contributed by atoms with van der Waals surface area (Å²) in [7, 11) is 0. The van der Waals surface area contributed by atoms with E-state index in [-0.39, 0.29) is 18.4 Å². The maximum Gasteiger partial charge on any atom is 0.242 e. The summed E-state index contributed by atoms with van der Waals surface area (Å²) >= 11 is 6.13. The highest BCUT2D eigenvalue weighted by atomic mass is 35.5. The van der Waals surface area contributed by atoms with Gasteiger partial charge in [-0.3, -0.25) is 9.59 Å². The van der Waals surface area contributed by atoms with Gasteiger partial charge in [0.15, 0.2) is 0 Å². The van der Waals surface area contributed by atoms with Crippen LogP contribution >= 0.6 is 11.6 Å². The number of hydrogen-bond donors (Lipinski definition) is 0. The molecule has 9 heteroatoms. The van der Waals surface area contributed by atoms with Gasteiger partial charge in [-0.15, -0.1) is 0 Å². The third-order valence-corrected chi connectivity index (χ3v) is 6.90. The van der Waals surface area contributed by atoms with Gasteiger partial charge in [0.05, 0.1) is 19.8 Å². The van der Waals surface area contributed by atoms with Crippen molar-refractivity contribution in [3.05, 3.63) is 47.5 Å². The summed E-state index contributed by atoms with van der Waals surface area (Å²) in [5.41, 5.74) is -0.464. The van der Waals surface area contributed by atoms with Gasteiger partial charge in [0.2, 0.25) is 11.8 Å². The van der Waals surface area contributed by atoms with Crippen molar-refractivity contribution in [2.24, 2.45) is 5.41 Å². The number of imidazole rings is 1. The van der Waals surface area contributed by atoms with Crippen molar-refractivity contribution >= 4 is 23.4 Å². The molecule has 2 fully saturated rings. The van der Waals surface area contributed by atoms with Crippen LogP contribution in [0.25, 0.3) is 0 Å². The lowest BCUT2D eigenvalue weighted by atomic mass is 9.77. The van der Waals surface area contributed by atoms with Gasteiger partial charge in [-0.1, -0.05) is 24.6 Å². The minimum absolute atomic E-state index is 0.0401. The van der Waals surface area contributed by atoms with Crippen LogP contribution in [0.2, 0.25) is 5.02 Å². The normalized spacial score (nSPS) is 20.9. The van der Waals surface area contributed by atoms with E-state index in [1.807, 2.05) is 39.6 Å². The third kappa shape index (κ3) is 6.10. The van der Waals surface area contributed by atoms with Gasteiger partial charge in [-0.25, -0.2) is 4.98 Å². The summed E-state index contributed by atoms with van der Waals surface area (Å²) < 4.78 is 13.5. The van der Waals surface area contributed by atoms with Crippen LogP contribution in [0.1, 0.15) is 32.0 Å². The molecule has 2 aromatic rings. The Balaban J connectivity index is 1.49. The number of halogens is 1. The standard InChI is InChI=1S/C25H33ClN4O4/c1-2-22-27-8-10-29(22)17-24(32)30-9-4-7-25(18-30,16-23(31)28-11-13-33-14-12-28)19-34-21-6-3-5-20(26)15-21/h3,5-6,8,10,15H,2,4,7,9,11-14,16-19H2,1H3/t25-/m0/s1. The summed E-state index contributed by atoms with van der Waals surface area (Å²) in [6.45, 7) is 6.13. The molecule has 2 amide bonds. The average molecular weight is 489 g/mol. The second-order valence-corrected chi connectivity index (χ2v) is 9.60. The second kappa shape index (κ2) is 11.2. The van der Waals surface area contributed by atoms with E-state index >= 15 is 0 Å². The molecule has 2 aliphatic heterocycles. The molecule has 1 aromatic carbocycles. The van der Waals surface area contributed by atoms with Crippen LogP contribution in [0.15, 0.2) is 36.7 Å². The summed E-state index contributed by atoms with van der Waals surface area (Å²) in [6.07, 6.45) is 6.32.